The van der Waals surface area contributed by atoms with Gasteiger partial charge in [-0.3, -0.25) is 0 Å². The molecule has 3 aliphatic rings. The summed E-state index contributed by atoms with van der Waals surface area (Å²) in [6.07, 6.45) is 7.68. The van der Waals surface area contributed by atoms with Crippen LogP contribution in [0.25, 0.3) is 0 Å². The molecule has 1 aromatic rings. The summed E-state index contributed by atoms with van der Waals surface area (Å²) in [5, 5.41) is 13.2. The predicted octanol–water partition coefficient (Wildman–Crippen LogP) is 4.57. The van der Waals surface area contributed by atoms with Gasteiger partial charge in [-0.05, 0) is 50.2 Å². The minimum absolute atomic E-state index is 0. The number of rotatable bonds is 2. The van der Waals surface area contributed by atoms with E-state index in [1.54, 1.807) is 6.07 Å². The first-order valence-corrected chi connectivity index (χ1v) is 8.91. The van der Waals surface area contributed by atoms with Gasteiger partial charge in [0.2, 0.25) is 0 Å². The summed E-state index contributed by atoms with van der Waals surface area (Å²) in [7, 11) is 0. The first-order valence-electron chi connectivity index (χ1n) is 8.91. The minimum Gasteiger partial charge on any atom is -0.478 e. The van der Waals surface area contributed by atoms with E-state index in [1.807, 2.05) is 13.0 Å². The molecule has 0 aromatic heterocycles. The quantitative estimate of drug-likeness (QED) is 0.819. The predicted molar refractivity (Wildman–Crippen MR) is 96.2 cm³/mol. The molecular formula is C19H26ClNO3. The monoisotopic (exact) mass is 351 g/mol. The van der Waals surface area contributed by atoms with Crippen LogP contribution in [0.4, 0.5) is 5.69 Å². The largest absolute Gasteiger partial charge is 0.478 e. The summed E-state index contributed by atoms with van der Waals surface area (Å²) in [4.78, 5) is 11.5. The molecule has 0 radical (unpaired) electrons. The molecule has 0 bridgehead atoms. The van der Waals surface area contributed by atoms with E-state index in [4.69, 9.17) is 4.74 Å². The highest BCUT2D eigenvalue weighted by Gasteiger charge is 2.43. The van der Waals surface area contributed by atoms with E-state index in [-0.39, 0.29) is 18.5 Å². The fraction of sp³-hybridized carbons (Fsp3) is 0.632. The Morgan fingerprint density at radius 3 is 2.67 bits per heavy atom. The zero-order chi connectivity index (χ0) is 16.0. The van der Waals surface area contributed by atoms with Gasteiger partial charge in [0.05, 0.1) is 11.7 Å². The number of benzene rings is 1. The van der Waals surface area contributed by atoms with Gasteiger partial charge in [-0.1, -0.05) is 18.9 Å². The number of aromatic carboxylic acids is 1. The molecule has 3 atom stereocenters. The van der Waals surface area contributed by atoms with Gasteiger partial charge >= 0.3 is 5.97 Å². The number of hydrogen-bond donors (Lipinski definition) is 2. The molecule has 4 nitrogen and oxygen atoms in total. The average Bonchev–Trinajstić information content (AvgIpc) is 3.08. The molecule has 5 heteroatoms. The van der Waals surface area contributed by atoms with E-state index in [0.29, 0.717) is 23.4 Å². The van der Waals surface area contributed by atoms with Crippen molar-refractivity contribution < 1.29 is 14.6 Å². The van der Waals surface area contributed by atoms with Crippen LogP contribution in [0.2, 0.25) is 0 Å². The Bertz CT molecular complexity index is 627. The minimum atomic E-state index is -0.851. The third-order valence-electron chi connectivity index (χ3n) is 6.08. The zero-order valence-electron chi connectivity index (χ0n) is 14.1. The van der Waals surface area contributed by atoms with Crippen molar-refractivity contribution in [3.63, 3.8) is 0 Å². The summed E-state index contributed by atoms with van der Waals surface area (Å²) in [6, 6.07) is 4.13. The van der Waals surface area contributed by atoms with Gasteiger partial charge in [-0.15, -0.1) is 12.4 Å². The van der Waals surface area contributed by atoms with Gasteiger partial charge in [-0.2, -0.15) is 0 Å². The van der Waals surface area contributed by atoms with Crippen LogP contribution in [0.15, 0.2) is 12.1 Å². The number of ether oxygens (including phenoxy) is 1. The third-order valence-corrected chi connectivity index (χ3v) is 6.08. The van der Waals surface area contributed by atoms with E-state index < -0.39 is 5.97 Å². The molecule has 1 saturated heterocycles. The molecule has 2 aliphatic heterocycles. The topological polar surface area (TPSA) is 58.6 Å². The van der Waals surface area contributed by atoms with Crippen molar-refractivity contribution in [2.45, 2.75) is 57.6 Å². The van der Waals surface area contributed by atoms with Crippen molar-refractivity contribution >= 4 is 24.1 Å². The Kier molecular flexibility index (Phi) is 5.07. The maximum atomic E-state index is 11.5. The maximum absolute atomic E-state index is 11.5. The highest BCUT2D eigenvalue weighted by Crippen LogP contribution is 2.49. The fourth-order valence-corrected chi connectivity index (χ4v) is 4.94. The van der Waals surface area contributed by atoms with Crippen LogP contribution in [0.5, 0.6) is 0 Å². The van der Waals surface area contributed by atoms with E-state index in [9.17, 15) is 9.90 Å². The smallest absolute Gasteiger partial charge is 0.336 e. The number of hydrogen-bond acceptors (Lipinski definition) is 3. The molecular weight excluding hydrogens is 326 g/mol. The van der Waals surface area contributed by atoms with Crippen molar-refractivity contribution in [3.8, 4) is 0 Å². The second-order valence-electron chi connectivity index (χ2n) is 7.32. The number of nitrogens with one attached hydrogen (secondary N) is 1. The number of anilines is 1. The highest BCUT2D eigenvalue weighted by atomic mass is 35.5. The van der Waals surface area contributed by atoms with Gasteiger partial charge in [0.15, 0.2) is 0 Å². The molecule has 2 heterocycles. The van der Waals surface area contributed by atoms with Gasteiger partial charge in [0.25, 0.3) is 0 Å². The van der Waals surface area contributed by atoms with Crippen molar-refractivity contribution in [1.82, 2.24) is 0 Å². The average molecular weight is 352 g/mol. The summed E-state index contributed by atoms with van der Waals surface area (Å²) in [5.41, 5.74) is 3.43. The lowest BCUT2D eigenvalue weighted by atomic mass is 9.74. The Balaban J connectivity index is 0.00000169. The molecule has 3 unspecified atom stereocenters. The van der Waals surface area contributed by atoms with Gasteiger partial charge < -0.3 is 15.2 Å². The second kappa shape index (κ2) is 6.93. The normalized spacial score (nSPS) is 29.1. The van der Waals surface area contributed by atoms with Crippen LogP contribution in [0.1, 0.15) is 66.1 Å². The van der Waals surface area contributed by atoms with Gasteiger partial charge in [0, 0.05) is 29.8 Å². The molecule has 2 fully saturated rings. The number of carbonyl (C=O) groups is 1. The summed E-state index contributed by atoms with van der Waals surface area (Å²) in [5.74, 6) is 0.371. The lowest BCUT2D eigenvalue weighted by Gasteiger charge is -2.46. The molecule has 0 amide bonds. The second-order valence-corrected chi connectivity index (χ2v) is 7.32. The van der Waals surface area contributed by atoms with Crippen molar-refractivity contribution in [1.29, 1.82) is 0 Å². The van der Waals surface area contributed by atoms with E-state index in [0.717, 1.165) is 29.8 Å². The van der Waals surface area contributed by atoms with Crippen molar-refractivity contribution in [2.24, 2.45) is 11.8 Å². The molecule has 1 aliphatic carbocycles. The number of carboxylic acids is 1. The summed E-state index contributed by atoms with van der Waals surface area (Å²) < 4.78 is 6.17. The molecule has 2 N–H and O–H groups in total. The maximum Gasteiger partial charge on any atom is 0.336 e. The zero-order valence-corrected chi connectivity index (χ0v) is 14.9. The first kappa shape index (κ1) is 17.6. The summed E-state index contributed by atoms with van der Waals surface area (Å²) in [6.45, 7) is 2.74. The Morgan fingerprint density at radius 1 is 1.21 bits per heavy atom. The van der Waals surface area contributed by atoms with Crippen LogP contribution < -0.4 is 5.32 Å². The molecule has 24 heavy (non-hydrogen) atoms. The van der Waals surface area contributed by atoms with Crippen molar-refractivity contribution in [2.75, 3.05) is 11.9 Å². The van der Waals surface area contributed by atoms with E-state index in [2.05, 4.69) is 5.32 Å². The van der Waals surface area contributed by atoms with Crippen molar-refractivity contribution in [3.05, 3.63) is 28.8 Å². The van der Waals surface area contributed by atoms with Crippen LogP contribution >= 0.6 is 12.4 Å². The Labute approximate surface area is 149 Å². The Hall–Kier alpha value is -1.26. The SMILES string of the molecule is Cc1c(C(=O)O)ccc2c1NC(C1CCCC1)C1CCCOC21.Cl. The van der Waals surface area contributed by atoms with Crippen LogP contribution in [0, 0.1) is 18.8 Å². The molecule has 132 valence electrons. The van der Waals surface area contributed by atoms with Crippen LogP contribution in [-0.2, 0) is 4.74 Å². The summed E-state index contributed by atoms with van der Waals surface area (Å²) >= 11 is 0. The lowest BCUT2D eigenvalue weighted by molar-refractivity contribution is -0.0437. The highest BCUT2D eigenvalue weighted by molar-refractivity contribution is 5.92. The lowest BCUT2D eigenvalue weighted by Crippen LogP contribution is -2.45. The third kappa shape index (κ3) is 2.80. The van der Waals surface area contributed by atoms with Gasteiger partial charge in [-0.25, -0.2) is 4.79 Å². The Morgan fingerprint density at radius 2 is 1.96 bits per heavy atom. The number of halogens is 1. The van der Waals surface area contributed by atoms with Crippen LogP contribution in [0.3, 0.4) is 0 Å². The van der Waals surface area contributed by atoms with Gasteiger partial charge in [0.1, 0.15) is 0 Å². The molecule has 1 saturated carbocycles. The number of carboxylic acid groups (broad SMARTS) is 1. The first-order chi connectivity index (χ1) is 11.2. The number of fused-ring (bicyclic) bond motifs is 3. The molecule has 1 aromatic carbocycles. The molecule has 0 spiro atoms. The van der Waals surface area contributed by atoms with Crippen LogP contribution in [-0.4, -0.2) is 23.7 Å². The van der Waals surface area contributed by atoms with E-state index in [1.165, 1.54) is 32.1 Å². The van der Waals surface area contributed by atoms with E-state index >= 15 is 0 Å². The fourth-order valence-electron chi connectivity index (χ4n) is 4.94. The standard InChI is InChI=1S/C19H25NO3.ClH/c1-11-13(19(21)22)8-9-15-16(11)20-17(12-5-2-3-6-12)14-7-4-10-23-18(14)15;/h8-9,12,14,17-18,20H,2-7,10H2,1H3,(H,21,22);1H. The molecule has 4 rings (SSSR count).